The molecule has 4 nitrogen and oxygen atoms in total. The molecule has 1 aromatic rings. The quantitative estimate of drug-likeness (QED) is 0.723. The van der Waals surface area contributed by atoms with E-state index in [0.717, 1.165) is 25.9 Å². The molecular weight excluding hydrogens is 278 g/mol. The molecule has 0 atom stereocenters. The van der Waals surface area contributed by atoms with E-state index in [0.29, 0.717) is 28.6 Å². The van der Waals surface area contributed by atoms with Gasteiger partial charge in [0.05, 0.1) is 11.6 Å². The molecule has 0 bridgehead atoms. The van der Waals surface area contributed by atoms with Crippen LogP contribution in [-0.4, -0.2) is 37.1 Å². The lowest BCUT2D eigenvalue weighted by Gasteiger charge is -2.20. The first-order chi connectivity index (χ1) is 9.65. The molecule has 5 heteroatoms. The Balaban J connectivity index is 2.12. The number of ether oxygens (including phenoxy) is 2. The molecule has 0 aliphatic carbocycles. The van der Waals surface area contributed by atoms with Crippen LogP contribution in [0.5, 0.6) is 11.5 Å². The topological polar surface area (TPSA) is 38.8 Å². The molecule has 0 saturated heterocycles. The number of halogens is 1. The van der Waals surface area contributed by atoms with Crippen LogP contribution in [0.15, 0.2) is 12.1 Å². The van der Waals surface area contributed by atoms with E-state index in [9.17, 15) is 4.79 Å². The molecule has 0 radical (unpaired) electrons. The van der Waals surface area contributed by atoms with Crippen molar-refractivity contribution in [2.24, 2.45) is 0 Å². The maximum Gasteiger partial charge on any atom is 0.231 e. The molecule has 1 aliphatic heterocycles. The summed E-state index contributed by atoms with van der Waals surface area (Å²) in [6, 6.07) is 3.34. The molecule has 0 aromatic heterocycles. The Morgan fingerprint density at radius 1 is 1.20 bits per heavy atom. The average molecular weight is 298 g/mol. The van der Waals surface area contributed by atoms with Crippen LogP contribution in [0.1, 0.15) is 37.0 Å². The highest BCUT2D eigenvalue weighted by Gasteiger charge is 2.21. The minimum atomic E-state index is 0.0233. The second-order valence-corrected chi connectivity index (χ2v) is 5.29. The number of hydrogen-bond donors (Lipinski definition) is 0. The number of Topliss-reactive ketones (excluding diaryl/α,β-unsaturated/α-hetero) is 1. The smallest absolute Gasteiger partial charge is 0.231 e. The summed E-state index contributed by atoms with van der Waals surface area (Å²) in [7, 11) is 0. The molecule has 20 heavy (non-hydrogen) atoms. The number of hydrogen-bond acceptors (Lipinski definition) is 4. The predicted octanol–water partition coefficient (Wildman–Crippen LogP) is 3.37. The fourth-order valence-corrected chi connectivity index (χ4v) is 2.58. The van der Waals surface area contributed by atoms with Crippen LogP contribution in [0.4, 0.5) is 0 Å². The summed E-state index contributed by atoms with van der Waals surface area (Å²) in [4.78, 5) is 14.6. The standard InChI is InChI=1S/C15H20ClNO3/c1-3-5-17(6-4-2)9-13(18)11-7-14-15(8-12(11)16)20-10-19-14/h7-8H,3-6,9-10H2,1-2H3. The van der Waals surface area contributed by atoms with Crippen LogP contribution in [0.3, 0.4) is 0 Å². The van der Waals surface area contributed by atoms with Crippen molar-refractivity contribution in [1.82, 2.24) is 4.90 Å². The Bertz CT molecular complexity index is 484. The highest BCUT2D eigenvalue weighted by molar-refractivity contribution is 6.34. The maximum atomic E-state index is 12.4. The molecular formula is C15H20ClNO3. The second-order valence-electron chi connectivity index (χ2n) is 4.88. The first-order valence-electron chi connectivity index (χ1n) is 7.00. The van der Waals surface area contributed by atoms with E-state index in [-0.39, 0.29) is 12.6 Å². The van der Waals surface area contributed by atoms with Crippen molar-refractivity contribution in [2.75, 3.05) is 26.4 Å². The van der Waals surface area contributed by atoms with Crippen molar-refractivity contribution in [2.45, 2.75) is 26.7 Å². The van der Waals surface area contributed by atoms with Gasteiger partial charge >= 0.3 is 0 Å². The van der Waals surface area contributed by atoms with Crippen LogP contribution in [0, 0.1) is 0 Å². The molecule has 0 N–H and O–H groups in total. The molecule has 0 spiro atoms. The van der Waals surface area contributed by atoms with Gasteiger partial charge in [0.15, 0.2) is 17.3 Å². The number of benzene rings is 1. The first-order valence-corrected chi connectivity index (χ1v) is 7.38. The maximum absolute atomic E-state index is 12.4. The predicted molar refractivity (Wildman–Crippen MR) is 78.9 cm³/mol. The normalized spacial score (nSPS) is 13.0. The van der Waals surface area contributed by atoms with E-state index in [4.69, 9.17) is 21.1 Å². The van der Waals surface area contributed by atoms with E-state index in [1.807, 2.05) is 0 Å². The van der Waals surface area contributed by atoms with Gasteiger partial charge in [0, 0.05) is 11.6 Å². The number of carbonyl (C=O) groups is 1. The lowest BCUT2D eigenvalue weighted by Crippen LogP contribution is -2.31. The zero-order valence-electron chi connectivity index (χ0n) is 11.9. The van der Waals surface area contributed by atoms with Crippen LogP contribution >= 0.6 is 11.6 Å². The minimum Gasteiger partial charge on any atom is -0.454 e. The third kappa shape index (κ3) is 3.44. The van der Waals surface area contributed by atoms with E-state index < -0.39 is 0 Å². The largest absolute Gasteiger partial charge is 0.454 e. The third-order valence-electron chi connectivity index (χ3n) is 3.21. The van der Waals surface area contributed by atoms with Gasteiger partial charge in [-0.05, 0) is 32.0 Å². The molecule has 0 saturated carbocycles. The van der Waals surface area contributed by atoms with Crippen molar-refractivity contribution in [1.29, 1.82) is 0 Å². The van der Waals surface area contributed by atoms with Gasteiger partial charge in [-0.15, -0.1) is 0 Å². The monoisotopic (exact) mass is 297 g/mol. The van der Waals surface area contributed by atoms with Gasteiger partial charge < -0.3 is 9.47 Å². The van der Waals surface area contributed by atoms with Gasteiger partial charge in [0.2, 0.25) is 6.79 Å². The fourth-order valence-electron chi connectivity index (χ4n) is 2.32. The summed E-state index contributed by atoms with van der Waals surface area (Å²) in [5.74, 6) is 1.22. The second kappa shape index (κ2) is 6.95. The molecule has 1 heterocycles. The highest BCUT2D eigenvalue weighted by atomic mass is 35.5. The Morgan fingerprint density at radius 2 is 1.80 bits per heavy atom. The molecule has 2 rings (SSSR count). The van der Waals surface area contributed by atoms with Gasteiger partial charge in [-0.3, -0.25) is 9.69 Å². The minimum absolute atomic E-state index is 0.0233. The Kier molecular flexibility index (Phi) is 5.26. The highest BCUT2D eigenvalue weighted by Crippen LogP contribution is 2.36. The van der Waals surface area contributed by atoms with Gasteiger partial charge in [-0.1, -0.05) is 25.4 Å². The fraction of sp³-hybridized carbons (Fsp3) is 0.533. The van der Waals surface area contributed by atoms with Crippen molar-refractivity contribution < 1.29 is 14.3 Å². The average Bonchev–Trinajstić information content (AvgIpc) is 2.85. The summed E-state index contributed by atoms with van der Waals surface area (Å²) in [5, 5.41) is 0.423. The number of nitrogens with zero attached hydrogens (tertiary/aromatic N) is 1. The van der Waals surface area contributed by atoms with Crippen LogP contribution in [0.2, 0.25) is 5.02 Å². The Hall–Kier alpha value is -1.26. The SMILES string of the molecule is CCCN(CCC)CC(=O)c1cc2c(cc1Cl)OCO2. The van der Waals surface area contributed by atoms with Gasteiger partial charge in [-0.2, -0.15) is 0 Å². The molecule has 1 aliphatic rings. The Morgan fingerprint density at radius 3 is 2.40 bits per heavy atom. The summed E-state index contributed by atoms with van der Waals surface area (Å²) in [5.41, 5.74) is 0.508. The van der Waals surface area contributed by atoms with E-state index in [1.165, 1.54) is 0 Å². The number of ketones is 1. The third-order valence-corrected chi connectivity index (χ3v) is 3.52. The van der Waals surface area contributed by atoms with Crippen LogP contribution < -0.4 is 9.47 Å². The zero-order chi connectivity index (χ0) is 14.5. The Labute approximate surface area is 124 Å². The molecule has 0 fully saturated rings. The molecule has 1 aromatic carbocycles. The molecule has 110 valence electrons. The van der Waals surface area contributed by atoms with Gasteiger partial charge in [0.1, 0.15) is 0 Å². The van der Waals surface area contributed by atoms with E-state index >= 15 is 0 Å². The number of fused-ring (bicyclic) bond motifs is 1. The van der Waals surface area contributed by atoms with Crippen LogP contribution in [0.25, 0.3) is 0 Å². The summed E-state index contributed by atoms with van der Waals surface area (Å²) >= 11 is 6.17. The lowest BCUT2D eigenvalue weighted by molar-refractivity contribution is 0.0930. The van der Waals surface area contributed by atoms with Crippen molar-refractivity contribution in [3.63, 3.8) is 0 Å². The van der Waals surface area contributed by atoms with Crippen molar-refractivity contribution >= 4 is 17.4 Å². The van der Waals surface area contributed by atoms with Gasteiger partial charge in [0.25, 0.3) is 0 Å². The van der Waals surface area contributed by atoms with Crippen LogP contribution in [-0.2, 0) is 0 Å². The number of rotatable bonds is 7. The lowest BCUT2D eigenvalue weighted by atomic mass is 10.1. The number of carbonyl (C=O) groups excluding carboxylic acids is 1. The molecule has 0 amide bonds. The first kappa shape index (κ1) is 15.1. The zero-order valence-corrected chi connectivity index (χ0v) is 12.7. The van der Waals surface area contributed by atoms with Gasteiger partial charge in [-0.25, -0.2) is 0 Å². The van der Waals surface area contributed by atoms with Crippen molar-refractivity contribution in [3.8, 4) is 11.5 Å². The summed E-state index contributed by atoms with van der Waals surface area (Å²) in [6.07, 6.45) is 2.06. The van der Waals surface area contributed by atoms with E-state index in [1.54, 1.807) is 12.1 Å². The van der Waals surface area contributed by atoms with Crippen molar-refractivity contribution in [3.05, 3.63) is 22.7 Å². The molecule has 0 unspecified atom stereocenters. The summed E-state index contributed by atoms with van der Waals surface area (Å²) in [6.45, 7) is 6.63. The van der Waals surface area contributed by atoms with E-state index in [2.05, 4.69) is 18.7 Å². The summed E-state index contributed by atoms with van der Waals surface area (Å²) < 4.78 is 10.5.